The second-order valence-electron chi connectivity index (χ2n) is 7.70. The van der Waals surface area contributed by atoms with Crippen LogP contribution in [0.1, 0.15) is 12.5 Å². The van der Waals surface area contributed by atoms with Crippen molar-refractivity contribution in [3.63, 3.8) is 0 Å². The van der Waals surface area contributed by atoms with Crippen LogP contribution < -0.4 is 5.01 Å². The van der Waals surface area contributed by atoms with E-state index in [0.717, 1.165) is 27.5 Å². The largest absolute Gasteiger partial charge is 0.462 e. The molecule has 1 atom stereocenters. The first-order valence-corrected chi connectivity index (χ1v) is 11.9. The molecule has 0 aliphatic heterocycles. The van der Waals surface area contributed by atoms with Crippen LogP contribution in [-0.2, 0) is 16.0 Å². The van der Waals surface area contributed by atoms with E-state index in [0.29, 0.717) is 23.6 Å². The zero-order valence-electron chi connectivity index (χ0n) is 18.4. The zero-order valence-corrected chi connectivity index (χ0v) is 20.0. The molecule has 2 aromatic carbocycles. The van der Waals surface area contributed by atoms with Gasteiger partial charge in [-0.05, 0) is 17.5 Å². The molecule has 0 radical (unpaired) electrons. The van der Waals surface area contributed by atoms with Crippen LogP contribution >= 0.6 is 22.9 Å². The van der Waals surface area contributed by atoms with E-state index in [-0.39, 0.29) is 11.9 Å². The van der Waals surface area contributed by atoms with Crippen LogP contribution in [0.4, 0.5) is 5.13 Å². The third-order valence-corrected chi connectivity index (χ3v) is 6.40. The van der Waals surface area contributed by atoms with E-state index < -0.39 is 0 Å². The molecule has 1 aliphatic carbocycles. The minimum atomic E-state index is -0.328. The number of esters is 1. The molecule has 168 valence electrons. The highest BCUT2D eigenvalue weighted by Gasteiger charge is 2.21. The molecule has 3 aromatic rings. The fourth-order valence-corrected chi connectivity index (χ4v) is 4.45. The first-order valence-electron chi connectivity index (χ1n) is 10.6. The molecule has 0 saturated carbocycles. The summed E-state index contributed by atoms with van der Waals surface area (Å²) >= 11 is 7.77. The Labute approximate surface area is 202 Å². The van der Waals surface area contributed by atoms with Gasteiger partial charge in [-0.15, -0.1) is 11.3 Å². The molecule has 1 aliphatic rings. The summed E-state index contributed by atoms with van der Waals surface area (Å²) in [5.74, 6) is -0.189. The van der Waals surface area contributed by atoms with E-state index in [1.165, 1.54) is 11.3 Å². The van der Waals surface area contributed by atoms with Crippen molar-refractivity contribution in [2.75, 3.05) is 18.7 Å². The number of halogens is 1. The van der Waals surface area contributed by atoms with E-state index in [9.17, 15) is 4.79 Å². The molecule has 7 heteroatoms. The molecule has 5 nitrogen and oxygen atoms in total. The number of benzene rings is 2. The molecule has 1 unspecified atom stereocenters. The van der Waals surface area contributed by atoms with E-state index in [1.807, 2.05) is 86.1 Å². The molecule has 4 rings (SSSR count). The van der Waals surface area contributed by atoms with Gasteiger partial charge < -0.3 is 4.74 Å². The van der Waals surface area contributed by atoms with Crippen LogP contribution in [0.25, 0.3) is 11.3 Å². The fraction of sp³-hybridized carbons (Fsp3) is 0.192. The van der Waals surface area contributed by atoms with Gasteiger partial charge in [-0.25, -0.2) is 14.8 Å². The fourth-order valence-electron chi connectivity index (χ4n) is 3.47. The summed E-state index contributed by atoms with van der Waals surface area (Å²) in [6.45, 7) is 2.36. The predicted molar refractivity (Wildman–Crippen MR) is 136 cm³/mol. The monoisotopic (exact) mass is 477 g/mol. The lowest BCUT2D eigenvalue weighted by molar-refractivity contribution is -0.138. The summed E-state index contributed by atoms with van der Waals surface area (Å²) in [4.78, 5) is 17.3. The topological polar surface area (TPSA) is 54.8 Å². The molecule has 33 heavy (non-hydrogen) atoms. The van der Waals surface area contributed by atoms with Gasteiger partial charge in [0.05, 0.1) is 24.1 Å². The Balaban J connectivity index is 1.38. The van der Waals surface area contributed by atoms with Gasteiger partial charge in [0.15, 0.2) is 0 Å². The lowest BCUT2D eigenvalue weighted by Gasteiger charge is -2.10. The SMILES string of the molecule is CC1C=C(/C=N/N(C)c2nc(-c3ccccc3Cl)cs2)C(C(=O)OCCc2ccccc2)=C1. The molecule has 1 aromatic heterocycles. The van der Waals surface area contributed by atoms with Crippen LogP contribution in [0, 0.1) is 5.92 Å². The normalized spacial score (nSPS) is 15.4. The highest BCUT2D eigenvalue weighted by Crippen LogP contribution is 2.31. The van der Waals surface area contributed by atoms with E-state index in [2.05, 4.69) is 10.1 Å². The molecule has 0 spiro atoms. The zero-order chi connectivity index (χ0) is 23.2. The van der Waals surface area contributed by atoms with Crippen molar-refractivity contribution < 1.29 is 9.53 Å². The highest BCUT2D eigenvalue weighted by atomic mass is 35.5. The van der Waals surface area contributed by atoms with Crippen molar-refractivity contribution >= 4 is 40.3 Å². The smallest absolute Gasteiger partial charge is 0.338 e. The van der Waals surface area contributed by atoms with E-state index in [4.69, 9.17) is 16.3 Å². The maximum Gasteiger partial charge on any atom is 0.338 e. The number of carbonyl (C=O) groups is 1. The summed E-state index contributed by atoms with van der Waals surface area (Å²) in [6, 6.07) is 17.6. The van der Waals surface area contributed by atoms with Crippen LogP contribution in [-0.4, -0.2) is 30.8 Å². The van der Waals surface area contributed by atoms with Crippen LogP contribution in [0.3, 0.4) is 0 Å². The first-order chi connectivity index (χ1) is 16.0. The van der Waals surface area contributed by atoms with Gasteiger partial charge in [-0.3, -0.25) is 0 Å². The summed E-state index contributed by atoms with van der Waals surface area (Å²) in [5, 5.41) is 9.53. The molecule has 0 bridgehead atoms. The number of allylic oxidation sites excluding steroid dienone is 2. The molecular formula is C26H24ClN3O2S. The van der Waals surface area contributed by atoms with Gasteiger partial charge in [-0.1, -0.05) is 79.2 Å². The number of rotatable bonds is 8. The number of ether oxygens (including phenoxy) is 1. The highest BCUT2D eigenvalue weighted by molar-refractivity contribution is 7.14. The Morgan fingerprint density at radius 2 is 1.94 bits per heavy atom. The molecule has 1 heterocycles. The number of anilines is 1. The van der Waals surface area contributed by atoms with Crippen LogP contribution in [0.2, 0.25) is 5.02 Å². The molecule has 0 amide bonds. The van der Waals surface area contributed by atoms with Gasteiger partial charge in [0.1, 0.15) is 0 Å². The maximum atomic E-state index is 12.7. The third kappa shape index (κ3) is 5.78. The lowest BCUT2D eigenvalue weighted by Crippen LogP contribution is -2.13. The van der Waals surface area contributed by atoms with Gasteiger partial charge in [0.25, 0.3) is 0 Å². The van der Waals surface area contributed by atoms with E-state index in [1.54, 1.807) is 11.2 Å². The number of aromatic nitrogens is 1. The Morgan fingerprint density at radius 3 is 2.73 bits per heavy atom. The van der Waals surface area contributed by atoms with Crippen LogP contribution in [0.15, 0.2) is 88.4 Å². The van der Waals surface area contributed by atoms with Crippen molar-refractivity contribution in [2.24, 2.45) is 11.0 Å². The summed E-state index contributed by atoms with van der Waals surface area (Å²) in [6.07, 6.45) is 6.28. The van der Waals surface area contributed by atoms with Crippen molar-refractivity contribution in [3.8, 4) is 11.3 Å². The number of hydrazone groups is 1. The average Bonchev–Trinajstić information content (AvgIpc) is 3.45. The van der Waals surface area contributed by atoms with Gasteiger partial charge in [0.2, 0.25) is 5.13 Å². The predicted octanol–water partition coefficient (Wildman–Crippen LogP) is 6.17. The number of nitrogens with zero attached hydrogens (tertiary/aromatic N) is 3. The number of hydrogen-bond acceptors (Lipinski definition) is 6. The third-order valence-electron chi connectivity index (χ3n) is 5.16. The minimum absolute atomic E-state index is 0.139. The van der Waals surface area contributed by atoms with Crippen molar-refractivity contribution in [1.29, 1.82) is 0 Å². The summed E-state index contributed by atoms with van der Waals surface area (Å²) in [5.41, 5.74) is 4.12. The second-order valence-corrected chi connectivity index (χ2v) is 8.94. The summed E-state index contributed by atoms with van der Waals surface area (Å²) in [7, 11) is 1.83. The second kappa shape index (κ2) is 10.6. The van der Waals surface area contributed by atoms with Crippen molar-refractivity contribution in [2.45, 2.75) is 13.3 Å². The quantitative estimate of drug-likeness (QED) is 0.221. The number of hydrogen-bond donors (Lipinski definition) is 0. The maximum absolute atomic E-state index is 12.7. The summed E-state index contributed by atoms with van der Waals surface area (Å²) < 4.78 is 5.52. The van der Waals surface area contributed by atoms with Gasteiger partial charge >= 0.3 is 5.97 Å². The Morgan fingerprint density at radius 1 is 1.18 bits per heavy atom. The Hall–Kier alpha value is -3.22. The Bertz CT molecular complexity index is 1220. The van der Waals surface area contributed by atoms with Crippen molar-refractivity contribution in [3.05, 3.63) is 93.9 Å². The lowest BCUT2D eigenvalue weighted by atomic mass is 10.1. The molecule has 0 fully saturated rings. The van der Waals surface area contributed by atoms with Crippen LogP contribution in [0.5, 0.6) is 0 Å². The number of carbonyl (C=O) groups excluding carboxylic acids is 1. The Kier molecular flexibility index (Phi) is 7.37. The standard InChI is InChI=1S/C26H24ClN3O2S/c1-18-14-20(22(15-18)25(31)32-13-12-19-8-4-3-5-9-19)16-28-30(2)26-29-24(17-33-26)21-10-6-7-11-23(21)27/h3-11,14-18H,12-13H2,1-2H3/b28-16+. The molecule has 0 saturated heterocycles. The number of thiazole rings is 1. The first kappa shape index (κ1) is 23.0. The molecular weight excluding hydrogens is 454 g/mol. The average molecular weight is 478 g/mol. The molecule has 0 N–H and O–H groups in total. The van der Waals surface area contributed by atoms with Gasteiger partial charge in [0, 0.05) is 35.0 Å². The van der Waals surface area contributed by atoms with Crippen molar-refractivity contribution in [1.82, 2.24) is 4.98 Å². The van der Waals surface area contributed by atoms with E-state index >= 15 is 0 Å². The van der Waals surface area contributed by atoms with Gasteiger partial charge in [-0.2, -0.15) is 5.10 Å². The minimum Gasteiger partial charge on any atom is -0.462 e.